The molecule has 2 aromatic carbocycles. The molecule has 12 heteroatoms. The summed E-state index contributed by atoms with van der Waals surface area (Å²) in [6.07, 6.45) is -1.64. The third-order valence-corrected chi connectivity index (χ3v) is 3.87. The number of halogens is 4. The molecule has 166 valence electrons. The zero-order chi connectivity index (χ0) is 23.3. The molecule has 32 heavy (non-hydrogen) atoms. The number of nitrogen functional groups attached to an aromatic ring is 1. The zero-order valence-corrected chi connectivity index (χ0v) is 16.0. The van der Waals surface area contributed by atoms with Gasteiger partial charge in [0.25, 0.3) is 0 Å². The van der Waals surface area contributed by atoms with E-state index < -0.39 is 18.0 Å². The van der Waals surface area contributed by atoms with Gasteiger partial charge in [-0.25, -0.2) is 14.2 Å². The average molecular weight is 449 g/mol. The van der Waals surface area contributed by atoms with Crippen LogP contribution in [-0.4, -0.2) is 32.2 Å². The van der Waals surface area contributed by atoms with E-state index >= 15 is 0 Å². The first-order valence-electron chi connectivity index (χ1n) is 8.82. The third-order valence-electron chi connectivity index (χ3n) is 3.87. The van der Waals surface area contributed by atoms with E-state index in [4.69, 9.17) is 20.4 Å². The number of H-pyrrole nitrogens is 1. The zero-order valence-electron chi connectivity index (χ0n) is 16.0. The molecule has 0 unspecified atom stereocenters. The van der Waals surface area contributed by atoms with Crippen LogP contribution in [0.15, 0.2) is 60.9 Å². The predicted molar refractivity (Wildman–Crippen MR) is 108 cm³/mol. The highest BCUT2D eigenvalue weighted by Gasteiger charge is 2.38. The second-order valence-electron chi connectivity index (χ2n) is 6.21. The van der Waals surface area contributed by atoms with E-state index in [9.17, 15) is 17.6 Å². The fraction of sp³-hybridized carbons (Fsp3) is 0.0500. The van der Waals surface area contributed by atoms with Crippen LogP contribution in [0, 0.1) is 5.82 Å². The molecule has 2 aromatic heterocycles. The predicted octanol–water partition coefficient (Wildman–Crippen LogP) is 4.85. The van der Waals surface area contributed by atoms with Gasteiger partial charge in [-0.05, 0) is 42.5 Å². The summed E-state index contributed by atoms with van der Waals surface area (Å²) in [7, 11) is 0. The number of carbonyl (C=O) groups is 1. The summed E-state index contributed by atoms with van der Waals surface area (Å²) in [6.45, 7) is 0. The first kappa shape index (κ1) is 22.3. The Morgan fingerprint density at radius 3 is 2.56 bits per heavy atom. The first-order valence-corrected chi connectivity index (χ1v) is 8.82. The molecule has 0 saturated heterocycles. The van der Waals surface area contributed by atoms with E-state index in [2.05, 4.69) is 20.3 Å². The average Bonchev–Trinajstić information content (AvgIpc) is 3.19. The van der Waals surface area contributed by atoms with Crippen molar-refractivity contribution < 1.29 is 32.2 Å². The smallest absolute Gasteiger partial charge is 0.475 e. The van der Waals surface area contributed by atoms with E-state index in [0.717, 1.165) is 10.9 Å². The highest BCUT2D eigenvalue weighted by molar-refractivity contribution is 5.80. The number of carboxylic acids is 1. The minimum atomic E-state index is -5.08. The Labute approximate surface area is 177 Å². The molecule has 5 N–H and O–H groups in total. The molecule has 0 fully saturated rings. The van der Waals surface area contributed by atoms with Crippen molar-refractivity contribution >= 4 is 34.2 Å². The number of ether oxygens (including phenoxy) is 1. The Balaban J connectivity index is 0.000000360. The van der Waals surface area contributed by atoms with Gasteiger partial charge in [0.1, 0.15) is 11.6 Å². The molecular formula is C20H15F4N5O3. The molecule has 0 bridgehead atoms. The first-order chi connectivity index (χ1) is 15.1. The number of aliphatic carboxylic acids is 1. The molecule has 0 aliphatic carbocycles. The molecule has 4 aromatic rings. The van der Waals surface area contributed by atoms with Crippen LogP contribution in [0.2, 0.25) is 0 Å². The van der Waals surface area contributed by atoms with Crippen molar-refractivity contribution in [3.63, 3.8) is 0 Å². The van der Waals surface area contributed by atoms with Crippen molar-refractivity contribution in [2.45, 2.75) is 6.18 Å². The summed E-state index contributed by atoms with van der Waals surface area (Å²) in [5, 5.41) is 11.1. The van der Waals surface area contributed by atoms with E-state index in [0.29, 0.717) is 23.3 Å². The number of nitrogens with two attached hydrogens (primary N) is 1. The second-order valence-corrected chi connectivity index (χ2v) is 6.21. The molecule has 0 saturated carbocycles. The SMILES string of the molecule is Nc1cc(Nc2nccc(Oc3ccc4[nH]ccc4c3)n2)ccc1F.O=C(O)C(F)(F)F. The van der Waals surface area contributed by atoms with E-state index in [1.54, 1.807) is 18.3 Å². The van der Waals surface area contributed by atoms with Gasteiger partial charge in [-0.1, -0.05) is 0 Å². The van der Waals surface area contributed by atoms with Crippen LogP contribution in [-0.2, 0) is 4.79 Å². The van der Waals surface area contributed by atoms with Crippen LogP contribution in [0.3, 0.4) is 0 Å². The quantitative estimate of drug-likeness (QED) is 0.259. The second kappa shape index (κ2) is 9.20. The Morgan fingerprint density at radius 1 is 1.12 bits per heavy atom. The van der Waals surface area contributed by atoms with E-state index in [1.165, 1.54) is 12.1 Å². The van der Waals surface area contributed by atoms with E-state index in [-0.39, 0.29) is 5.69 Å². The number of rotatable bonds is 4. The van der Waals surface area contributed by atoms with Gasteiger partial charge in [-0.2, -0.15) is 18.2 Å². The summed E-state index contributed by atoms with van der Waals surface area (Å²) in [5.74, 6) is -1.84. The lowest BCUT2D eigenvalue weighted by Crippen LogP contribution is -2.21. The lowest BCUT2D eigenvalue weighted by atomic mass is 10.2. The van der Waals surface area contributed by atoms with Gasteiger partial charge in [0.15, 0.2) is 0 Å². The van der Waals surface area contributed by atoms with Crippen LogP contribution in [0.5, 0.6) is 11.6 Å². The maximum Gasteiger partial charge on any atom is 0.490 e. The highest BCUT2D eigenvalue weighted by atomic mass is 19.4. The number of carboxylic acid groups (broad SMARTS) is 1. The maximum absolute atomic E-state index is 13.2. The number of benzene rings is 2. The molecule has 0 aliphatic heterocycles. The molecule has 0 radical (unpaired) electrons. The minimum Gasteiger partial charge on any atom is -0.475 e. The fourth-order valence-electron chi connectivity index (χ4n) is 2.43. The fourth-order valence-corrected chi connectivity index (χ4v) is 2.43. The topological polar surface area (TPSA) is 126 Å². The largest absolute Gasteiger partial charge is 0.490 e. The van der Waals surface area contributed by atoms with Crippen LogP contribution in [0.1, 0.15) is 0 Å². The standard InChI is InChI=1S/C18H14FN5O.C2HF3O2/c19-14-3-1-12(10-15(14)20)23-18-22-8-6-17(24-18)25-13-2-4-16-11(9-13)5-7-21-16;3-2(4,5)1(6)7/h1-10,21H,20H2,(H,22,23,24);(H,6,7). The highest BCUT2D eigenvalue weighted by Crippen LogP contribution is 2.25. The number of anilines is 3. The Kier molecular flexibility index (Phi) is 6.42. The number of hydrogen-bond donors (Lipinski definition) is 4. The van der Waals surface area contributed by atoms with Crippen LogP contribution in [0.4, 0.5) is 34.9 Å². The molecule has 0 aliphatic rings. The summed E-state index contributed by atoms with van der Waals surface area (Å²) >= 11 is 0. The third kappa shape index (κ3) is 5.84. The normalized spacial score (nSPS) is 10.9. The maximum atomic E-state index is 13.2. The number of nitrogens with one attached hydrogen (secondary N) is 2. The van der Waals surface area contributed by atoms with Crippen molar-refractivity contribution in [3.8, 4) is 11.6 Å². The molecule has 2 heterocycles. The van der Waals surface area contributed by atoms with Crippen molar-refractivity contribution in [2.75, 3.05) is 11.1 Å². The van der Waals surface area contributed by atoms with Crippen molar-refractivity contribution in [1.82, 2.24) is 15.0 Å². The lowest BCUT2D eigenvalue weighted by Gasteiger charge is -2.08. The summed E-state index contributed by atoms with van der Waals surface area (Å²) in [6, 6.07) is 13.7. The number of aromatic nitrogens is 3. The van der Waals surface area contributed by atoms with Gasteiger partial charge in [0.2, 0.25) is 11.8 Å². The van der Waals surface area contributed by atoms with Crippen molar-refractivity contribution in [2.24, 2.45) is 0 Å². The van der Waals surface area contributed by atoms with Gasteiger partial charge in [-0.15, -0.1) is 0 Å². The molecule has 0 amide bonds. The number of fused-ring (bicyclic) bond motifs is 1. The van der Waals surface area contributed by atoms with Gasteiger partial charge in [-0.3, -0.25) is 0 Å². The molecule has 0 atom stereocenters. The Bertz CT molecular complexity index is 1240. The lowest BCUT2D eigenvalue weighted by molar-refractivity contribution is -0.192. The number of nitrogens with zero attached hydrogens (tertiary/aromatic N) is 2. The van der Waals surface area contributed by atoms with Gasteiger partial charge < -0.3 is 25.9 Å². The number of aromatic amines is 1. The van der Waals surface area contributed by atoms with Crippen LogP contribution >= 0.6 is 0 Å². The van der Waals surface area contributed by atoms with Gasteiger partial charge in [0, 0.05) is 35.1 Å². The van der Waals surface area contributed by atoms with Crippen LogP contribution in [0.25, 0.3) is 10.9 Å². The van der Waals surface area contributed by atoms with Gasteiger partial charge in [0.05, 0.1) is 5.69 Å². The molecule has 0 spiro atoms. The number of hydrogen-bond acceptors (Lipinski definition) is 6. The van der Waals surface area contributed by atoms with Crippen molar-refractivity contribution in [1.29, 1.82) is 0 Å². The summed E-state index contributed by atoms with van der Waals surface area (Å²) < 4.78 is 50.7. The molecular weight excluding hydrogens is 434 g/mol. The Morgan fingerprint density at radius 2 is 1.88 bits per heavy atom. The van der Waals surface area contributed by atoms with Crippen molar-refractivity contribution in [3.05, 3.63) is 66.7 Å². The monoisotopic (exact) mass is 449 g/mol. The Hall–Kier alpha value is -4.35. The van der Waals surface area contributed by atoms with E-state index in [1.807, 2.05) is 30.5 Å². The molecule has 8 nitrogen and oxygen atoms in total. The van der Waals surface area contributed by atoms with Crippen LogP contribution < -0.4 is 15.8 Å². The summed E-state index contributed by atoms with van der Waals surface area (Å²) in [5.41, 5.74) is 7.23. The van der Waals surface area contributed by atoms with Gasteiger partial charge >= 0.3 is 12.1 Å². The number of alkyl halides is 3. The minimum absolute atomic E-state index is 0.0530. The molecule has 4 rings (SSSR count). The summed E-state index contributed by atoms with van der Waals surface area (Å²) in [4.78, 5) is 20.4.